The van der Waals surface area contributed by atoms with Gasteiger partial charge in [0.1, 0.15) is 0 Å². The van der Waals surface area contributed by atoms with Gasteiger partial charge in [-0.1, -0.05) is 33.6 Å². The highest BCUT2D eigenvalue weighted by Gasteiger charge is 2.53. The van der Waals surface area contributed by atoms with E-state index in [1.54, 1.807) is 0 Å². The van der Waals surface area contributed by atoms with Crippen molar-refractivity contribution >= 4 is 0 Å². The minimum absolute atomic E-state index is 0.0553. The maximum Gasteiger partial charge on any atom is 0.0715 e. The predicted octanol–water partition coefficient (Wildman–Crippen LogP) is 3.47. The topological polar surface area (TPSA) is 46.2 Å². The summed E-state index contributed by atoms with van der Waals surface area (Å²) in [5.74, 6) is 0.751. The molecule has 2 unspecified atom stereocenters. The average Bonchev–Trinajstić information content (AvgIpc) is 2.39. The second-order valence-electron chi connectivity index (χ2n) is 7.86. The molecule has 0 spiro atoms. The van der Waals surface area contributed by atoms with Crippen LogP contribution in [0.15, 0.2) is 0 Å². The van der Waals surface area contributed by atoms with E-state index in [-0.39, 0.29) is 5.41 Å². The molecule has 0 aliphatic heterocycles. The zero-order chi connectivity index (χ0) is 13.4. The minimum atomic E-state index is -0.472. The van der Waals surface area contributed by atoms with Gasteiger partial charge >= 0.3 is 0 Å². The number of aliphatic hydroxyl groups is 1. The van der Waals surface area contributed by atoms with Gasteiger partial charge in [-0.3, -0.25) is 0 Å². The molecule has 2 rings (SSSR count). The molecular formula is C16H31NO. The second kappa shape index (κ2) is 4.79. The number of rotatable bonds is 2. The molecule has 2 heteroatoms. The van der Waals surface area contributed by atoms with Gasteiger partial charge in [-0.2, -0.15) is 0 Å². The molecule has 0 aromatic carbocycles. The average molecular weight is 253 g/mol. The van der Waals surface area contributed by atoms with Crippen molar-refractivity contribution in [3.8, 4) is 0 Å². The summed E-state index contributed by atoms with van der Waals surface area (Å²) in [5.41, 5.74) is 5.96. The van der Waals surface area contributed by atoms with Crippen molar-refractivity contribution in [1.29, 1.82) is 0 Å². The molecule has 2 atom stereocenters. The third kappa shape index (κ3) is 2.34. The molecule has 2 nitrogen and oxygen atoms in total. The van der Waals surface area contributed by atoms with Crippen molar-refractivity contribution < 1.29 is 5.11 Å². The van der Waals surface area contributed by atoms with E-state index in [9.17, 15) is 5.11 Å². The molecule has 18 heavy (non-hydrogen) atoms. The summed E-state index contributed by atoms with van der Waals surface area (Å²) in [5, 5.41) is 11.1. The first kappa shape index (κ1) is 14.3. The third-order valence-corrected chi connectivity index (χ3v) is 5.96. The summed E-state index contributed by atoms with van der Waals surface area (Å²) in [6, 6.07) is 0. The van der Waals surface area contributed by atoms with Crippen LogP contribution in [0.2, 0.25) is 0 Å². The fourth-order valence-corrected chi connectivity index (χ4v) is 4.18. The SMILES string of the molecule is CC(C)(C)C1CCCC(O)(C2(CN)CCC2)CC1. The van der Waals surface area contributed by atoms with Gasteiger partial charge in [-0.25, -0.2) is 0 Å². The Morgan fingerprint density at radius 3 is 2.17 bits per heavy atom. The fourth-order valence-electron chi connectivity index (χ4n) is 4.18. The Bertz CT molecular complexity index is 284. The van der Waals surface area contributed by atoms with Gasteiger partial charge < -0.3 is 10.8 Å². The second-order valence-corrected chi connectivity index (χ2v) is 7.86. The summed E-state index contributed by atoms with van der Waals surface area (Å²) in [4.78, 5) is 0. The number of nitrogens with two attached hydrogens (primary N) is 1. The summed E-state index contributed by atoms with van der Waals surface area (Å²) in [6.45, 7) is 7.68. The zero-order valence-electron chi connectivity index (χ0n) is 12.5. The van der Waals surface area contributed by atoms with Gasteiger partial charge in [0.15, 0.2) is 0 Å². The predicted molar refractivity (Wildman–Crippen MR) is 76.3 cm³/mol. The molecule has 0 saturated heterocycles. The van der Waals surface area contributed by atoms with Crippen molar-refractivity contribution in [3.63, 3.8) is 0 Å². The monoisotopic (exact) mass is 253 g/mol. The van der Waals surface area contributed by atoms with Crippen molar-refractivity contribution in [2.75, 3.05) is 6.54 Å². The normalized spacial score (nSPS) is 36.8. The first-order valence-electron chi connectivity index (χ1n) is 7.75. The highest BCUT2D eigenvalue weighted by atomic mass is 16.3. The van der Waals surface area contributed by atoms with Crippen LogP contribution in [-0.4, -0.2) is 17.3 Å². The van der Waals surface area contributed by atoms with Crippen LogP contribution in [-0.2, 0) is 0 Å². The van der Waals surface area contributed by atoms with E-state index in [0.717, 1.165) is 31.6 Å². The lowest BCUT2D eigenvalue weighted by molar-refractivity contribution is -0.132. The molecule has 0 radical (unpaired) electrons. The lowest BCUT2D eigenvalue weighted by Crippen LogP contribution is -2.56. The quantitative estimate of drug-likeness (QED) is 0.740. The molecule has 0 aromatic rings. The van der Waals surface area contributed by atoms with Gasteiger partial charge in [0.05, 0.1) is 5.60 Å². The molecule has 0 amide bonds. The summed E-state index contributed by atoms with van der Waals surface area (Å²) < 4.78 is 0. The highest BCUT2D eigenvalue weighted by molar-refractivity contribution is 5.05. The van der Waals surface area contributed by atoms with Gasteiger partial charge in [-0.15, -0.1) is 0 Å². The van der Waals surface area contributed by atoms with Crippen LogP contribution in [0.4, 0.5) is 0 Å². The lowest BCUT2D eigenvalue weighted by Gasteiger charge is -2.53. The van der Waals surface area contributed by atoms with Crippen LogP contribution in [0.3, 0.4) is 0 Å². The molecule has 2 saturated carbocycles. The van der Waals surface area contributed by atoms with Gasteiger partial charge in [0.2, 0.25) is 0 Å². The van der Waals surface area contributed by atoms with Crippen molar-refractivity contribution in [2.45, 2.75) is 77.7 Å². The van der Waals surface area contributed by atoms with Crippen LogP contribution in [0.5, 0.6) is 0 Å². The summed E-state index contributed by atoms with van der Waals surface area (Å²) in [6.07, 6.45) is 9.07. The van der Waals surface area contributed by atoms with Gasteiger partial charge in [-0.05, 0) is 49.9 Å². The maximum absolute atomic E-state index is 11.1. The summed E-state index contributed by atoms with van der Waals surface area (Å²) >= 11 is 0. The molecule has 2 fully saturated rings. The third-order valence-electron chi connectivity index (χ3n) is 5.96. The van der Waals surface area contributed by atoms with E-state index in [0.29, 0.717) is 12.0 Å². The Hall–Kier alpha value is -0.0800. The van der Waals surface area contributed by atoms with Crippen LogP contribution in [0, 0.1) is 16.7 Å². The van der Waals surface area contributed by atoms with Crippen LogP contribution < -0.4 is 5.73 Å². The van der Waals surface area contributed by atoms with Crippen molar-refractivity contribution in [3.05, 3.63) is 0 Å². The van der Waals surface area contributed by atoms with E-state index >= 15 is 0 Å². The largest absolute Gasteiger partial charge is 0.389 e. The van der Waals surface area contributed by atoms with Crippen molar-refractivity contribution in [2.24, 2.45) is 22.5 Å². The fraction of sp³-hybridized carbons (Fsp3) is 1.00. The van der Waals surface area contributed by atoms with Gasteiger partial charge in [0.25, 0.3) is 0 Å². The first-order valence-corrected chi connectivity index (χ1v) is 7.75. The molecule has 0 heterocycles. The molecule has 2 aliphatic rings. The van der Waals surface area contributed by atoms with E-state index in [1.165, 1.54) is 25.7 Å². The molecular weight excluding hydrogens is 222 g/mol. The Kier molecular flexibility index (Phi) is 3.81. The molecule has 3 N–H and O–H groups in total. The molecule has 0 bridgehead atoms. The Balaban J connectivity index is 2.08. The Morgan fingerprint density at radius 1 is 1.06 bits per heavy atom. The van der Waals surface area contributed by atoms with Gasteiger partial charge in [0, 0.05) is 12.0 Å². The standard InChI is InChI=1S/C16H31NO/c1-14(2,3)13-6-4-10-16(18,11-7-13)15(12-17)8-5-9-15/h13,18H,4-12,17H2,1-3H3. The molecule has 0 aromatic heterocycles. The van der Waals surface area contributed by atoms with E-state index < -0.39 is 5.60 Å². The smallest absolute Gasteiger partial charge is 0.0715 e. The van der Waals surface area contributed by atoms with E-state index in [1.807, 2.05) is 0 Å². The first-order chi connectivity index (χ1) is 8.33. The lowest BCUT2D eigenvalue weighted by atomic mass is 9.56. The van der Waals surface area contributed by atoms with Crippen LogP contribution in [0.25, 0.3) is 0 Å². The van der Waals surface area contributed by atoms with Crippen molar-refractivity contribution in [1.82, 2.24) is 0 Å². The minimum Gasteiger partial charge on any atom is -0.389 e. The number of hydrogen-bond acceptors (Lipinski definition) is 2. The highest BCUT2D eigenvalue weighted by Crippen LogP contribution is 2.54. The molecule has 2 aliphatic carbocycles. The van der Waals surface area contributed by atoms with Crippen LogP contribution >= 0.6 is 0 Å². The summed E-state index contributed by atoms with van der Waals surface area (Å²) in [7, 11) is 0. The van der Waals surface area contributed by atoms with E-state index in [2.05, 4.69) is 20.8 Å². The number of hydrogen-bond donors (Lipinski definition) is 2. The maximum atomic E-state index is 11.1. The Labute approximate surface area is 112 Å². The zero-order valence-corrected chi connectivity index (χ0v) is 12.5. The molecule has 106 valence electrons. The van der Waals surface area contributed by atoms with Crippen LogP contribution in [0.1, 0.15) is 72.1 Å². The Morgan fingerprint density at radius 2 is 1.72 bits per heavy atom. The van der Waals surface area contributed by atoms with E-state index in [4.69, 9.17) is 5.73 Å².